The van der Waals surface area contributed by atoms with E-state index in [4.69, 9.17) is 5.73 Å². The molecule has 1 aromatic carbocycles. The van der Waals surface area contributed by atoms with Crippen molar-refractivity contribution < 1.29 is 13.2 Å². The lowest BCUT2D eigenvalue weighted by atomic mass is 10.0. The maximum Gasteiger partial charge on any atom is 0.227 e. The number of piperidine rings is 1. The van der Waals surface area contributed by atoms with Crippen LogP contribution in [0.15, 0.2) is 24.3 Å². The molecule has 2 rings (SSSR count). The Hall–Kier alpha value is -1.31. The van der Waals surface area contributed by atoms with Crippen LogP contribution in [0, 0.1) is 0 Å². The molecule has 6 nitrogen and oxygen atoms in total. The topological polar surface area (TPSA) is 92.5 Å². The number of nitrogens with one attached hydrogen (secondary N) is 1. The van der Waals surface area contributed by atoms with E-state index in [0.717, 1.165) is 31.1 Å². The van der Waals surface area contributed by atoms with Crippen molar-refractivity contribution in [2.45, 2.75) is 31.7 Å². The van der Waals surface area contributed by atoms with Gasteiger partial charge in [-0.1, -0.05) is 12.1 Å². The monoisotopic (exact) mass is 361 g/mol. The van der Waals surface area contributed by atoms with Crippen molar-refractivity contribution in [2.24, 2.45) is 0 Å². The third kappa shape index (κ3) is 6.37. The summed E-state index contributed by atoms with van der Waals surface area (Å²) in [5, 5.41) is 0. The first-order chi connectivity index (χ1) is 10.3. The van der Waals surface area contributed by atoms with Crippen LogP contribution in [-0.4, -0.2) is 44.6 Å². The number of nitrogens with zero attached hydrogens (tertiary/aromatic N) is 1. The smallest absolute Gasteiger partial charge is 0.227 e. The number of sulfonamides is 1. The standard InChI is InChI=1S/C15H23N3O3S.ClH/c1-22(20,21)17-11-14-4-2-3-9-18(14)15(19)10-12-5-7-13(16)8-6-12;/h5-8,14,17H,2-4,9-11,16H2,1H3;1H. The van der Waals surface area contributed by atoms with E-state index in [1.165, 1.54) is 0 Å². The number of halogens is 1. The Labute approximate surface area is 143 Å². The molecule has 0 saturated carbocycles. The van der Waals surface area contributed by atoms with Gasteiger partial charge in [-0.3, -0.25) is 4.79 Å². The number of likely N-dealkylation sites (tertiary alicyclic amines) is 1. The lowest BCUT2D eigenvalue weighted by molar-refractivity contribution is -0.133. The molecular formula is C15H24ClN3O3S. The number of carbonyl (C=O) groups is 1. The molecule has 0 aromatic heterocycles. The first-order valence-corrected chi connectivity index (χ1v) is 9.33. The summed E-state index contributed by atoms with van der Waals surface area (Å²) in [7, 11) is -3.24. The maximum absolute atomic E-state index is 12.5. The van der Waals surface area contributed by atoms with Crippen LogP contribution in [0.5, 0.6) is 0 Å². The summed E-state index contributed by atoms with van der Waals surface area (Å²) >= 11 is 0. The van der Waals surface area contributed by atoms with Gasteiger partial charge in [-0.2, -0.15) is 0 Å². The lowest BCUT2D eigenvalue weighted by Crippen LogP contribution is -2.49. The number of nitrogen functional groups attached to an aromatic ring is 1. The molecule has 8 heteroatoms. The minimum absolute atomic E-state index is 0. The van der Waals surface area contributed by atoms with Gasteiger partial charge in [0, 0.05) is 24.8 Å². The predicted octanol–water partition coefficient (Wildman–Crippen LogP) is 1.16. The fourth-order valence-electron chi connectivity index (χ4n) is 2.70. The minimum Gasteiger partial charge on any atom is -0.399 e. The van der Waals surface area contributed by atoms with Gasteiger partial charge in [-0.25, -0.2) is 13.1 Å². The number of nitrogens with two attached hydrogens (primary N) is 1. The average molecular weight is 362 g/mol. The zero-order valence-corrected chi connectivity index (χ0v) is 14.8. The Kier molecular flexibility index (Phi) is 7.31. The van der Waals surface area contributed by atoms with Crippen LogP contribution in [0.4, 0.5) is 5.69 Å². The SMILES string of the molecule is CS(=O)(=O)NCC1CCCCN1C(=O)Cc1ccc(N)cc1.Cl. The molecule has 0 spiro atoms. The molecular weight excluding hydrogens is 338 g/mol. The number of amides is 1. The molecule has 0 aliphatic carbocycles. The Balaban J connectivity index is 0.00000264. The molecule has 130 valence electrons. The highest BCUT2D eigenvalue weighted by Crippen LogP contribution is 2.18. The average Bonchev–Trinajstić information content (AvgIpc) is 2.47. The second-order valence-corrected chi connectivity index (χ2v) is 7.61. The fourth-order valence-corrected chi connectivity index (χ4v) is 3.20. The van der Waals surface area contributed by atoms with E-state index in [1.807, 2.05) is 12.1 Å². The number of anilines is 1. The third-order valence-electron chi connectivity index (χ3n) is 3.86. The highest BCUT2D eigenvalue weighted by atomic mass is 35.5. The quantitative estimate of drug-likeness (QED) is 0.770. The molecule has 0 radical (unpaired) electrons. The zero-order valence-electron chi connectivity index (χ0n) is 13.2. The van der Waals surface area contributed by atoms with Crippen LogP contribution in [0.3, 0.4) is 0 Å². The van der Waals surface area contributed by atoms with Crippen LogP contribution >= 0.6 is 12.4 Å². The normalized spacial score (nSPS) is 18.3. The van der Waals surface area contributed by atoms with Crippen molar-refractivity contribution in [1.29, 1.82) is 0 Å². The van der Waals surface area contributed by atoms with E-state index >= 15 is 0 Å². The number of hydrogen-bond acceptors (Lipinski definition) is 4. The summed E-state index contributed by atoms with van der Waals surface area (Å²) in [5.41, 5.74) is 7.23. The zero-order chi connectivity index (χ0) is 16.2. The number of hydrogen-bond donors (Lipinski definition) is 2. The van der Waals surface area contributed by atoms with Gasteiger partial charge in [0.15, 0.2) is 0 Å². The van der Waals surface area contributed by atoms with Crippen molar-refractivity contribution in [3.8, 4) is 0 Å². The van der Waals surface area contributed by atoms with E-state index in [2.05, 4.69) is 4.72 Å². The molecule has 1 aliphatic heterocycles. The molecule has 0 bridgehead atoms. The summed E-state index contributed by atoms with van der Waals surface area (Å²) < 4.78 is 25.0. The molecule has 1 saturated heterocycles. The summed E-state index contributed by atoms with van der Waals surface area (Å²) in [4.78, 5) is 14.3. The Bertz CT molecular complexity index is 619. The number of benzene rings is 1. The summed E-state index contributed by atoms with van der Waals surface area (Å²) in [5.74, 6) is 0.0322. The Morgan fingerprint density at radius 1 is 1.30 bits per heavy atom. The van der Waals surface area contributed by atoms with Gasteiger partial charge < -0.3 is 10.6 Å². The second kappa shape index (κ2) is 8.52. The third-order valence-corrected chi connectivity index (χ3v) is 4.55. The minimum atomic E-state index is -3.24. The first-order valence-electron chi connectivity index (χ1n) is 7.44. The molecule has 1 fully saturated rings. The van der Waals surface area contributed by atoms with Crippen LogP contribution in [-0.2, 0) is 21.2 Å². The van der Waals surface area contributed by atoms with E-state index in [1.54, 1.807) is 17.0 Å². The lowest BCUT2D eigenvalue weighted by Gasteiger charge is -2.36. The van der Waals surface area contributed by atoms with E-state index in [-0.39, 0.29) is 30.9 Å². The van der Waals surface area contributed by atoms with Gasteiger partial charge in [0.1, 0.15) is 0 Å². The second-order valence-electron chi connectivity index (χ2n) is 5.78. The molecule has 3 N–H and O–H groups in total. The van der Waals surface area contributed by atoms with E-state index in [0.29, 0.717) is 18.7 Å². The Morgan fingerprint density at radius 3 is 2.57 bits per heavy atom. The highest BCUT2D eigenvalue weighted by Gasteiger charge is 2.27. The predicted molar refractivity (Wildman–Crippen MR) is 94.0 cm³/mol. The van der Waals surface area contributed by atoms with Gasteiger partial charge >= 0.3 is 0 Å². The van der Waals surface area contributed by atoms with Crippen molar-refractivity contribution >= 4 is 34.0 Å². The van der Waals surface area contributed by atoms with Crippen molar-refractivity contribution in [3.63, 3.8) is 0 Å². The Morgan fingerprint density at radius 2 is 1.96 bits per heavy atom. The molecule has 1 heterocycles. The summed E-state index contributed by atoms with van der Waals surface area (Å²) in [6.45, 7) is 0.968. The van der Waals surface area contributed by atoms with Crippen LogP contribution < -0.4 is 10.5 Å². The van der Waals surface area contributed by atoms with Crippen molar-refractivity contribution in [1.82, 2.24) is 9.62 Å². The van der Waals surface area contributed by atoms with E-state index < -0.39 is 10.0 Å². The van der Waals surface area contributed by atoms with Crippen LogP contribution in [0.25, 0.3) is 0 Å². The molecule has 1 aromatic rings. The fraction of sp³-hybridized carbons (Fsp3) is 0.533. The van der Waals surface area contributed by atoms with Gasteiger partial charge in [-0.05, 0) is 37.0 Å². The molecule has 1 atom stereocenters. The summed E-state index contributed by atoms with van der Waals surface area (Å²) in [6, 6.07) is 7.19. The summed E-state index contributed by atoms with van der Waals surface area (Å²) in [6.07, 6.45) is 4.26. The van der Waals surface area contributed by atoms with Crippen molar-refractivity contribution in [3.05, 3.63) is 29.8 Å². The number of rotatable bonds is 5. The molecule has 1 unspecified atom stereocenters. The molecule has 23 heavy (non-hydrogen) atoms. The van der Waals surface area contributed by atoms with Gasteiger partial charge in [0.25, 0.3) is 0 Å². The number of carbonyl (C=O) groups excluding carboxylic acids is 1. The van der Waals surface area contributed by atoms with E-state index in [9.17, 15) is 13.2 Å². The maximum atomic E-state index is 12.5. The molecule has 1 amide bonds. The largest absolute Gasteiger partial charge is 0.399 e. The first kappa shape index (κ1) is 19.7. The van der Waals surface area contributed by atoms with Crippen molar-refractivity contribution in [2.75, 3.05) is 25.1 Å². The highest BCUT2D eigenvalue weighted by molar-refractivity contribution is 7.88. The molecule has 1 aliphatic rings. The van der Waals surface area contributed by atoms with Gasteiger partial charge in [0.2, 0.25) is 15.9 Å². The van der Waals surface area contributed by atoms with Crippen LogP contribution in [0.2, 0.25) is 0 Å². The van der Waals surface area contributed by atoms with Gasteiger partial charge in [0.05, 0.1) is 12.7 Å². The van der Waals surface area contributed by atoms with Gasteiger partial charge in [-0.15, -0.1) is 12.4 Å². The van der Waals surface area contributed by atoms with Crippen LogP contribution in [0.1, 0.15) is 24.8 Å².